The van der Waals surface area contributed by atoms with Crippen molar-refractivity contribution in [3.63, 3.8) is 0 Å². The fourth-order valence-corrected chi connectivity index (χ4v) is 3.73. The molecule has 1 aromatic heterocycles. The molecule has 24 heavy (non-hydrogen) atoms. The van der Waals surface area contributed by atoms with E-state index in [-0.39, 0.29) is 5.54 Å². The van der Waals surface area contributed by atoms with E-state index in [0.717, 1.165) is 70.2 Å². The van der Waals surface area contributed by atoms with Gasteiger partial charge in [0.15, 0.2) is 0 Å². The number of nitrogens with one attached hydrogen (secondary N) is 1. The van der Waals surface area contributed by atoms with Gasteiger partial charge in [0.1, 0.15) is 6.07 Å². The normalized spacial score (nSPS) is 22.0. The number of hydrogen-bond acceptors (Lipinski definition) is 6. The van der Waals surface area contributed by atoms with Crippen LogP contribution in [0, 0.1) is 18.3 Å². The Morgan fingerprint density at radius 1 is 1.29 bits per heavy atom. The third-order valence-electron chi connectivity index (χ3n) is 5.37. The monoisotopic (exact) mass is 329 g/mol. The number of piperidine rings is 1. The Morgan fingerprint density at radius 2 is 2.00 bits per heavy atom. The number of aryl methyl sites for hydroxylation is 1. The SMILES string of the molecule is Cc1cc(NCC2(N3CCOCC3)CCN(C)CC2)c(C#N)cn1. The van der Waals surface area contributed by atoms with Gasteiger partial charge < -0.3 is 15.0 Å². The minimum absolute atomic E-state index is 0.139. The Bertz CT molecular complexity index is 598. The van der Waals surface area contributed by atoms with Crippen LogP contribution in [0.25, 0.3) is 0 Å². The van der Waals surface area contributed by atoms with E-state index >= 15 is 0 Å². The molecule has 2 saturated heterocycles. The second-order valence-corrected chi connectivity index (χ2v) is 6.96. The maximum Gasteiger partial charge on any atom is 0.103 e. The summed E-state index contributed by atoms with van der Waals surface area (Å²) in [5.41, 5.74) is 2.59. The molecule has 0 amide bonds. The fourth-order valence-electron chi connectivity index (χ4n) is 3.73. The zero-order valence-corrected chi connectivity index (χ0v) is 14.7. The van der Waals surface area contributed by atoms with Gasteiger partial charge in [-0.25, -0.2) is 0 Å². The number of likely N-dealkylation sites (tertiary alicyclic amines) is 1. The summed E-state index contributed by atoms with van der Waals surface area (Å²) in [7, 11) is 2.19. The Labute approximate surface area is 144 Å². The lowest BCUT2D eigenvalue weighted by molar-refractivity contribution is -0.0396. The Kier molecular flexibility index (Phi) is 5.34. The molecule has 0 radical (unpaired) electrons. The van der Waals surface area contributed by atoms with E-state index in [0.29, 0.717) is 5.56 Å². The van der Waals surface area contributed by atoms with Crippen LogP contribution in [-0.2, 0) is 4.74 Å². The molecule has 2 fully saturated rings. The molecule has 0 aromatic carbocycles. The topological polar surface area (TPSA) is 64.4 Å². The number of pyridine rings is 1. The van der Waals surface area contributed by atoms with Crippen LogP contribution in [0.1, 0.15) is 24.1 Å². The van der Waals surface area contributed by atoms with Crippen LogP contribution >= 0.6 is 0 Å². The fraction of sp³-hybridized carbons (Fsp3) is 0.667. The maximum atomic E-state index is 9.33. The molecule has 2 aliphatic rings. The number of anilines is 1. The van der Waals surface area contributed by atoms with Crippen molar-refractivity contribution in [3.8, 4) is 6.07 Å². The highest BCUT2D eigenvalue weighted by atomic mass is 16.5. The molecule has 0 atom stereocenters. The lowest BCUT2D eigenvalue weighted by Gasteiger charge is -2.50. The quantitative estimate of drug-likeness (QED) is 0.902. The lowest BCUT2D eigenvalue weighted by Crippen LogP contribution is -2.61. The van der Waals surface area contributed by atoms with Gasteiger partial charge in [-0.2, -0.15) is 5.26 Å². The van der Waals surface area contributed by atoms with E-state index in [1.807, 2.05) is 13.0 Å². The molecule has 6 heteroatoms. The molecule has 0 bridgehead atoms. The minimum atomic E-state index is 0.139. The van der Waals surface area contributed by atoms with Gasteiger partial charge in [-0.3, -0.25) is 9.88 Å². The highest BCUT2D eigenvalue weighted by Crippen LogP contribution is 2.30. The van der Waals surface area contributed by atoms with Gasteiger partial charge in [0.2, 0.25) is 0 Å². The standard InChI is InChI=1S/C18H27N5O/c1-15-11-17(16(12-19)13-20-15)21-14-18(3-5-22(2)6-4-18)23-7-9-24-10-8-23/h11,13H,3-10,14H2,1-2H3,(H,20,21). The molecule has 6 nitrogen and oxygen atoms in total. The first-order valence-corrected chi connectivity index (χ1v) is 8.75. The second-order valence-electron chi connectivity index (χ2n) is 6.96. The number of hydrogen-bond donors (Lipinski definition) is 1. The molecule has 0 spiro atoms. The predicted molar refractivity (Wildman–Crippen MR) is 94.0 cm³/mol. The van der Waals surface area contributed by atoms with E-state index < -0.39 is 0 Å². The van der Waals surface area contributed by atoms with Gasteiger partial charge in [-0.05, 0) is 46.0 Å². The third kappa shape index (κ3) is 3.69. The van der Waals surface area contributed by atoms with Crippen molar-refractivity contribution in [1.82, 2.24) is 14.8 Å². The Morgan fingerprint density at radius 3 is 2.67 bits per heavy atom. The summed E-state index contributed by atoms with van der Waals surface area (Å²) in [4.78, 5) is 9.22. The summed E-state index contributed by atoms with van der Waals surface area (Å²) in [5, 5.41) is 12.9. The summed E-state index contributed by atoms with van der Waals surface area (Å²) >= 11 is 0. The van der Waals surface area contributed by atoms with E-state index in [4.69, 9.17) is 4.74 Å². The average Bonchev–Trinajstić information content (AvgIpc) is 2.62. The first kappa shape index (κ1) is 17.2. The van der Waals surface area contributed by atoms with Crippen LogP contribution in [0.3, 0.4) is 0 Å². The molecule has 0 saturated carbocycles. The van der Waals surface area contributed by atoms with Crippen LogP contribution in [0.15, 0.2) is 12.3 Å². The van der Waals surface area contributed by atoms with E-state index in [9.17, 15) is 5.26 Å². The number of aromatic nitrogens is 1. The van der Waals surface area contributed by atoms with Gasteiger partial charge >= 0.3 is 0 Å². The van der Waals surface area contributed by atoms with Gasteiger partial charge in [0.05, 0.1) is 24.5 Å². The zero-order valence-electron chi connectivity index (χ0n) is 14.7. The maximum absolute atomic E-state index is 9.33. The summed E-state index contributed by atoms with van der Waals surface area (Å²) in [6, 6.07) is 4.22. The molecule has 130 valence electrons. The van der Waals surface area contributed by atoms with E-state index in [2.05, 4.69) is 33.2 Å². The van der Waals surface area contributed by atoms with Crippen LogP contribution in [0.4, 0.5) is 5.69 Å². The molecule has 3 heterocycles. The highest BCUT2D eigenvalue weighted by Gasteiger charge is 2.39. The van der Waals surface area contributed by atoms with Crippen LogP contribution in [0.2, 0.25) is 0 Å². The average molecular weight is 329 g/mol. The Hall–Kier alpha value is -1.68. The molecule has 2 aliphatic heterocycles. The number of ether oxygens (including phenoxy) is 1. The van der Waals surface area contributed by atoms with E-state index in [1.165, 1.54) is 0 Å². The number of nitriles is 1. The molecule has 1 N–H and O–H groups in total. The number of morpholine rings is 1. The van der Waals surface area contributed by atoms with Crippen molar-refractivity contribution in [2.24, 2.45) is 0 Å². The van der Waals surface area contributed by atoms with Gasteiger partial charge in [0, 0.05) is 37.1 Å². The second kappa shape index (κ2) is 7.47. The van der Waals surface area contributed by atoms with Crippen molar-refractivity contribution in [1.29, 1.82) is 5.26 Å². The van der Waals surface area contributed by atoms with Crippen molar-refractivity contribution < 1.29 is 4.74 Å². The summed E-state index contributed by atoms with van der Waals surface area (Å²) in [6.07, 6.45) is 3.94. The van der Waals surface area contributed by atoms with Crippen molar-refractivity contribution in [2.45, 2.75) is 25.3 Å². The Balaban J connectivity index is 1.77. The number of rotatable bonds is 4. The van der Waals surface area contributed by atoms with Gasteiger partial charge in [-0.15, -0.1) is 0 Å². The zero-order chi connectivity index (χ0) is 17.0. The largest absolute Gasteiger partial charge is 0.382 e. The summed E-state index contributed by atoms with van der Waals surface area (Å²) < 4.78 is 5.55. The molecule has 0 unspecified atom stereocenters. The molecule has 3 rings (SSSR count). The first-order valence-electron chi connectivity index (χ1n) is 8.75. The lowest BCUT2D eigenvalue weighted by atomic mass is 9.85. The van der Waals surface area contributed by atoms with Gasteiger partial charge in [0.25, 0.3) is 0 Å². The molecule has 1 aromatic rings. The van der Waals surface area contributed by atoms with Crippen molar-refractivity contribution in [3.05, 3.63) is 23.5 Å². The number of nitrogens with zero attached hydrogens (tertiary/aromatic N) is 4. The van der Waals surface area contributed by atoms with Crippen LogP contribution in [0.5, 0.6) is 0 Å². The summed E-state index contributed by atoms with van der Waals surface area (Å²) in [5.74, 6) is 0. The highest BCUT2D eigenvalue weighted by molar-refractivity contribution is 5.57. The summed E-state index contributed by atoms with van der Waals surface area (Å²) in [6.45, 7) is 8.65. The van der Waals surface area contributed by atoms with Crippen LogP contribution < -0.4 is 5.32 Å². The predicted octanol–water partition coefficient (Wildman–Crippen LogP) is 1.47. The smallest absolute Gasteiger partial charge is 0.103 e. The first-order chi connectivity index (χ1) is 11.6. The van der Waals surface area contributed by atoms with Gasteiger partial charge in [-0.1, -0.05) is 0 Å². The van der Waals surface area contributed by atoms with Crippen LogP contribution in [-0.4, -0.2) is 73.3 Å². The molecule has 0 aliphatic carbocycles. The van der Waals surface area contributed by atoms with Crippen molar-refractivity contribution in [2.75, 3.05) is 58.3 Å². The molecular weight excluding hydrogens is 302 g/mol. The third-order valence-corrected chi connectivity index (χ3v) is 5.37. The van der Waals surface area contributed by atoms with Crippen molar-refractivity contribution >= 4 is 5.69 Å². The minimum Gasteiger partial charge on any atom is -0.382 e. The molecular formula is C18H27N5O. The van der Waals surface area contributed by atoms with E-state index in [1.54, 1.807) is 6.20 Å².